The first-order chi connectivity index (χ1) is 8.71. The molecule has 0 spiro atoms. The molecule has 0 amide bonds. The molecule has 108 valence electrons. The van der Waals surface area contributed by atoms with Gasteiger partial charge in [0.15, 0.2) is 0 Å². The highest BCUT2D eigenvalue weighted by molar-refractivity contribution is 9.10. The summed E-state index contributed by atoms with van der Waals surface area (Å²) in [6, 6.07) is 5.05. The van der Waals surface area contributed by atoms with Gasteiger partial charge in [0.25, 0.3) is 8.32 Å². The molecule has 1 nitrogen and oxygen atoms in total. The van der Waals surface area contributed by atoms with Crippen molar-refractivity contribution in [2.75, 3.05) is 0 Å². The Morgan fingerprint density at radius 1 is 1.00 bits per heavy atom. The zero-order valence-electron chi connectivity index (χ0n) is 12.6. The molecule has 0 atom stereocenters. The maximum atomic E-state index is 13.6. The molecule has 0 aromatic heterocycles. The van der Waals surface area contributed by atoms with E-state index in [1.165, 1.54) is 6.07 Å². The Kier molecular flexibility index (Phi) is 5.62. The maximum absolute atomic E-state index is 13.6. The first-order valence-electron chi connectivity index (χ1n) is 6.85. The standard InChI is InChI=1S/C15H24BrFOSi/c1-10(2)19(11(3)4,12(5)6)18-13-7-8-14(16)15(17)9-13/h7-12H,1-6H3. The lowest BCUT2D eigenvalue weighted by molar-refractivity contribution is 0.474. The summed E-state index contributed by atoms with van der Waals surface area (Å²) in [4.78, 5) is 0. The van der Waals surface area contributed by atoms with Crippen LogP contribution in [-0.2, 0) is 0 Å². The predicted molar refractivity (Wildman–Crippen MR) is 85.8 cm³/mol. The third-order valence-corrected chi connectivity index (χ3v) is 10.5. The van der Waals surface area contributed by atoms with Gasteiger partial charge in [0.2, 0.25) is 0 Å². The van der Waals surface area contributed by atoms with Crippen LogP contribution in [0.25, 0.3) is 0 Å². The van der Waals surface area contributed by atoms with Gasteiger partial charge in [-0.1, -0.05) is 41.5 Å². The van der Waals surface area contributed by atoms with Crippen molar-refractivity contribution >= 4 is 24.2 Å². The molecular formula is C15H24BrFOSi. The normalized spacial score (nSPS) is 12.6. The van der Waals surface area contributed by atoms with Crippen molar-refractivity contribution in [3.05, 3.63) is 28.5 Å². The van der Waals surface area contributed by atoms with Gasteiger partial charge in [-0.2, -0.15) is 0 Å². The molecule has 0 heterocycles. The van der Waals surface area contributed by atoms with Crippen molar-refractivity contribution in [3.8, 4) is 5.75 Å². The summed E-state index contributed by atoms with van der Waals surface area (Å²) in [6.07, 6.45) is 0. The van der Waals surface area contributed by atoms with Crippen LogP contribution in [0.15, 0.2) is 22.7 Å². The second-order valence-electron chi connectivity index (χ2n) is 6.00. The molecule has 1 rings (SSSR count). The van der Waals surface area contributed by atoms with Crippen molar-refractivity contribution in [2.24, 2.45) is 0 Å². The Morgan fingerprint density at radius 2 is 1.47 bits per heavy atom. The van der Waals surface area contributed by atoms with Crippen LogP contribution in [0.2, 0.25) is 16.6 Å². The summed E-state index contributed by atoms with van der Waals surface area (Å²) in [7, 11) is -1.99. The van der Waals surface area contributed by atoms with Crippen LogP contribution < -0.4 is 4.43 Å². The van der Waals surface area contributed by atoms with Crippen LogP contribution in [0.5, 0.6) is 5.75 Å². The minimum absolute atomic E-state index is 0.267. The monoisotopic (exact) mass is 346 g/mol. The van der Waals surface area contributed by atoms with Gasteiger partial charge in [-0.25, -0.2) is 4.39 Å². The topological polar surface area (TPSA) is 9.23 Å². The Morgan fingerprint density at radius 3 is 1.84 bits per heavy atom. The highest BCUT2D eigenvalue weighted by atomic mass is 79.9. The van der Waals surface area contributed by atoms with Crippen LogP contribution in [0.3, 0.4) is 0 Å². The largest absolute Gasteiger partial charge is 0.543 e. The van der Waals surface area contributed by atoms with E-state index < -0.39 is 8.32 Å². The Balaban J connectivity index is 3.17. The Labute approximate surface area is 125 Å². The molecule has 19 heavy (non-hydrogen) atoms. The molecule has 0 aliphatic carbocycles. The lowest BCUT2D eigenvalue weighted by atomic mass is 10.3. The number of hydrogen-bond acceptors (Lipinski definition) is 1. The van der Waals surface area contributed by atoms with E-state index >= 15 is 0 Å². The minimum atomic E-state index is -1.99. The van der Waals surface area contributed by atoms with Crippen molar-refractivity contribution < 1.29 is 8.82 Å². The van der Waals surface area contributed by atoms with Gasteiger partial charge >= 0.3 is 0 Å². The molecule has 1 aromatic carbocycles. The molecule has 0 fully saturated rings. The van der Waals surface area contributed by atoms with E-state index in [4.69, 9.17) is 4.43 Å². The molecule has 0 N–H and O–H groups in total. The molecule has 1 aromatic rings. The quantitative estimate of drug-likeness (QED) is 0.581. The van der Waals surface area contributed by atoms with Gasteiger partial charge in [-0.05, 0) is 44.7 Å². The maximum Gasteiger partial charge on any atom is 0.258 e. The summed E-state index contributed by atoms with van der Waals surface area (Å²) >= 11 is 3.18. The molecule has 4 heteroatoms. The number of rotatable bonds is 5. The van der Waals surface area contributed by atoms with Crippen molar-refractivity contribution in [2.45, 2.75) is 58.2 Å². The molecule has 0 aliphatic heterocycles. The summed E-state index contributed by atoms with van der Waals surface area (Å²) in [5.41, 5.74) is 1.46. The summed E-state index contributed by atoms with van der Waals surface area (Å²) in [5, 5.41) is 0. The van der Waals surface area contributed by atoms with Crippen molar-refractivity contribution in [1.82, 2.24) is 0 Å². The lowest BCUT2D eigenvalue weighted by Gasteiger charge is -2.42. The molecule has 0 bridgehead atoms. The zero-order valence-corrected chi connectivity index (χ0v) is 15.2. The zero-order chi connectivity index (χ0) is 14.8. The SMILES string of the molecule is CC(C)[Si](Oc1ccc(Br)c(F)c1)(C(C)C)C(C)C. The van der Waals surface area contributed by atoms with Crippen LogP contribution >= 0.6 is 15.9 Å². The first kappa shape index (κ1) is 16.7. The molecule has 0 saturated heterocycles. The van der Waals surface area contributed by atoms with E-state index in [1.807, 2.05) is 6.07 Å². The van der Waals surface area contributed by atoms with E-state index in [1.54, 1.807) is 6.07 Å². The fourth-order valence-corrected chi connectivity index (χ4v) is 8.59. The van der Waals surface area contributed by atoms with Gasteiger partial charge in [-0.3, -0.25) is 0 Å². The van der Waals surface area contributed by atoms with Gasteiger partial charge in [-0.15, -0.1) is 0 Å². The average Bonchev–Trinajstić information content (AvgIpc) is 2.29. The predicted octanol–water partition coefficient (Wildman–Crippen LogP) is 6.14. The van der Waals surface area contributed by atoms with E-state index in [0.717, 1.165) is 0 Å². The molecule has 0 radical (unpaired) electrons. The summed E-state index contributed by atoms with van der Waals surface area (Å²) in [6.45, 7) is 13.3. The lowest BCUT2D eigenvalue weighted by Crippen LogP contribution is -2.50. The molecule has 0 aliphatic rings. The third kappa shape index (κ3) is 3.40. The fraction of sp³-hybridized carbons (Fsp3) is 0.600. The van der Waals surface area contributed by atoms with E-state index in [9.17, 15) is 4.39 Å². The van der Waals surface area contributed by atoms with Crippen LogP contribution in [0.4, 0.5) is 4.39 Å². The minimum Gasteiger partial charge on any atom is -0.543 e. The van der Waals surface area contributed by atoms with Gasteiger partial charge in [0.1, 0.15) is 11.6 Å². The number of hydrogen-bond donors (Lipinski definition) is 0. The van der Waals surface area contributed by atoms with Gasteiger partial charge in [0.05, 0.1) is 4.47 Å². The van der Waals surface area contributed by atoms with E-state index in [-0.39, 0.29) is 5.82 Å². The number of halogens is 2. The summed E-state index contributed by atoms with van der Waals surface area (Å²) < 4.78 is 20.5. The first-order valence-corrected chi connectivity index (χ1v) is 9.79. The smallest absolute Gasteiger partial charge is 0.258 e. The molecule has 0 saturated carbocycles. The Bertz CT molecular complexity index is 410. The average molecular weight is 347 g/mol. The van der Waals surface area contributed by atoms with Gasteiger partial charge in [0, 0.05) is 6.07 Å². The Hall–Kier alpha value is -0.353. The summed E-state index contributed by atoms with van der Waals surface area (Å²) in [5.74, 6) is 0.389. The molecular weight excluding hydrogens is 323 g/mol. The van der Waals surface area contributed by atoms with Gasteiger partial charge < -0.3 is 4.43 Å². The highest BCUT2D eigenvalue weighted by Crippen LogP contribution is 2.42. The van der Waals surface area contributed by atoms with Crippen LogP contribution in [0, 0.1) is 5.82 Å². The molecule has 0 unspecified atom stereocenters. The number of benzene rings is 1. The van der Waals surface area contributed by atoms with Crippen molar-refractivity contribution in [1.29, 1.82) is 0 Å². The highest BCUT2D eigenvalue weighted by Gasteiger charge is 2.47. The van der Waals surface area contributed by atoms with Crippen molar-refractivity contribution in [3.63, 3.8) is 0 Å². The van der Waals surface area contributed by atoms with Crippen LogP contribution in [-0.4, -0.2) is 8.32 Å². The van der Waals surface area contributed by atoms with E-state index in [2.05, 4.69) is 57.5 Å². The second kappa shape index (κ2) is 6.40. The third-order valence-electron chi connectivity index (χ3n) is 3.89. The van der Waals surface area contributed by atoms with Crippen LogP contribution in [0.1, 0.15) is 41.5 Å². The second-order valence-corrected chi connectivity index (χ2v) is 12.2. The fourth-order valence-electron chi connectivity index (χ4n) is 3.10. The van der Waals surface area contributed by atoms with E-state index in [0.29, 0.717) is 26.8 Å².